The van der Waals surface area contributed by atoms with Crippen molar-refractivity contribution in [3.05, 3.63) is 101 Å². The predicted molar refractivity (Wildman–Crippen MR) is 117 cm³/mol. The zero-order valence-electron chi connectivity index (χ0n) is 17.1. The summed E-state index contributed by atoms with van der Waals surface area (Å²) in [6.07, 6.45) is -2.49. The molecule has 0 saturated heterocycles. The second-order valence-electron chi connectivity index (χ2n) is 7.06. The van der Waals surface area contributed by atoms with Gasteiger partial charge in [-0.15, -0.1) is 0 Å². The van der Waals surface area contributed by atoms with Crippen molar-refractivity contribution < 1.29 is 22.7 Å². The molecule has 33 heavy (non-hydrogen) atoms. The molecule has 4 aromatic rings. The summed E-state index contributed by atoms with van der Waals surface area (Å²) in [4.78, 5) is 16.5. The van der Waals surface area contributed by atoms with Crippen LogP contribution in [0, 0.1) is 0 Å². The van der Waals surface area contributed by atoms with Crippen molar-refractivity contribution in [1.29, 1.82) is 0 Å². The molecular weight excluding hydrogens is 455 g/mol. The van der Waals surface area contributed by atoms with E-state index in [0.29, 0.717) is 17.7 Å². The smallest absolute Gasteiger partial charge is 0.435 e. The molecule has 9 heteroatoms. The van der Waals surface area contributed by atoms with Crippen molar-refractivity contribution in [2.75, 3.05) is 6.61 Å². The van der Waals surface area contributed by atoms with E-state index >= 15 is 0 Å². The zero-order chi connectivity index (χ0) is 23.4. The summed E-state index contributed by atoms with van der Waals surface area (Å²) in [7, 11) is 0. The zero-order valence-corrected chi connectivity index (χ0v) is 17.8. The van der Waals surface area contributed by atoms with Crippen LogP contribution in [0.3, 0.4) is 0 Å². The summed E-state index contributed by atoms with van der Waals surface area (Å²) in [5.41, 5.74) is 0.958. The van der Waals surface area contributed by atoms with Crippen molar-refractivity contribution in [3.8, 4) is 16.9 Å². The lowest BCUT2D eigenvalue weighted by Crippen LogP contribution is -2.09. The van der Waals surface area contributed by atoms with Gasteiger partial charge >= 0.3 is 12.1 Å². The maximum absolute atomic E-state index is 13.3. The van der Waals surface area contributed by atoms with Crippen LogP contribution in [0.1, 0.15) is 21.7 Å². The van der Waals surface area contributed by atoms with Gasteiger partial charge in [-0.25, -0.2) is 9.48 Å². The molecule has 0 spiro atoms. The van der Waals surface area contributed by atoms with Gasteiger partial charge < -0.3 is 4.74 Å². The largest absolute Gasteiger partial charge is 0.462 e. The normalized spacial score (nSPS) is 11.4. The van der Waals surface area contributed by atoms with Crippen LogP contribution in [0.4, 0.5) is 13.2 Å². The van der Waals surface area contributed by atoms with Crippen LogP contribution < -0.4 is 0 Å². The molecule has 2 heterocycles. The van der Waals surface area contributed by atoms with Crippen molar-refractivity contribution in [3.63, 3.8) is 0 Å². The molecule has 0 aliphatic heterocycles. The van der Waals surface area contributed by atoms with Gasteiger partial charge in [-0.2, -0.15) is 18.3 Å². The second kappa shape index (κ2) is 9.46. The van der Waals surface area contributed by atoms with E-state index in [1.807, 2.05) is 12.1 Å². The highest BCUT2D eigenvalue weighted by atomic mass is 35.5. The maximum Gasteiger partial charge on any atom is 0.435 e. The number of nitrogens with zero attached hydrogens (tertiary/aromatic N) is 3. The van der Waals surface area contributed by atoms with Gasteiger partial charge in [-0.05, 0) is 42.5 Å². The predicted octanol–water partition coefficient (Wildman–Crippen LogP) is 6.01. The molecule has 0 radical (unpaired) electrons. The monoisotopic (exact) mass is 471 g/mol. The Labute approximate surface area is 192 Å². The lowest BCUT2D eigenvalue weighted by molar-refractivity contribution is -0.141. The average molecular weight is 472 g/mol. The van der Waals surface area contributed by atoms with Crippen LogP contribution in [-0.4, -0.2) is 27.3 Å². The molecule has 0 saturated carbocycles. The molecule has 0 fully saturated rings. The minimum atomic E-state index is -4.63. The molecule has 0 aliphatic rings. The molecule has 0 atom stereocenters. The van der Waals surface area contributed by atoms with Gasteiger partial charge in [0.25, 0.3) is 0 Å². The molecule has 2 aromatic heterocycles. The fourth-order valence-electron chi connectivity index (χ4n) is 3.19. The summed E-state index contributed by atoms with van der Waals surface area (Å²) in [6.45, 7) is 0.159. The lowest BCUT2D eigenvalue weighted by atomic mass is 10.1. The van der Waals surface area contributed by atoms with E-state index < -0.39 is 17.8 Å². The summed E-state index contributed by atoms with van der Waals surface area (Å²) in [6, 6.07) is 19.0. The Hall–Kier alpha value is -3.65. The van der Waals surface area contributed by atoms with Crippen LogP contribution in [0.2, 0.25) is 5.02 Å². The van der Waals surface area contributed by atoms with E-state index in [2.05, 4.69) is 10.1 Å². The first-order valence-electron chi connectivity index (χ1n) is 9.92. The number of hydrogen-bond acceptors (Lipinski definition) is 4. The highest BCUT2D eigenvalue weighted by molar-refractivity contribution is 6.32. The summed E-state index contributed by atoms with van der Waals surface area (Å²) in [5.74, 6) is -0.534. The molecule has 168 valence electrons. The minimum Gasteiger partial charge on any atom is -0.462 e. The van der Waals surface area contributed by atoms with E-state index in [0.717, 1.165) is 16.4 Å². The summed E-state index contributed by atoms with van der Waals surface area (Å²) >= 11 is 6.19. The van der Waals surface area contributed by atoms with Crippen molar-refractivity contribution >= 4 is 17.6 Å². The Bertz CT molecular complexity index is 1260. The third-order valence-corrected chi connectivity index (χ3v) is 5.13. The number of rotatable bonds is 6. The Morgan fingerprint density at radius 3 is 2.39 bits per heavy atom. The number of hydrogen-bond donors (Lipinski definition) is 0. The summed E-state index contributed by atoms with van der Waals surface area (Å²) < 4.78 is 46.5. The fourth-order valence-corrected chi connectivity index (χ4v) is 3.40. The first-order valence-corrected chi connectivity index (χ1v) is 10.3. The van der Waals surface area contributed by atoms with Gasteiger partial charge in [0.15, 0.2) is 5.69 Å². The van der Waals surface area contributed by atoms with Crippen molar-refractivity contribution in [2.24, 2.45) is 0 Å². The quantitative estimate of drug-likeness (QED) is 0.323. The Balaban J connectivity index is 1.56. The number of ether oxygens (including phenoxy) is 1. The molecule has 0 amide bonds. The number of esters is 1. The van der Waals surface area contributed by atoms with Crippen molar-refractivity contribution in [1.82, 2.24) is 14.8 Å². The SMILES string of the molecule is O=C(OCCc1ccccn1)c1ccc(-c2cc(C(F)(F)F)nn2-c2ccccc2Cl)cc1. The first-order chi connectivity index (χ1) is 15.8. The average Bonchev–Trinajstić information content (AvgIpc) is 3.26. The number of carbonyl (C=O) groups excluding carboxylic acids is 1. The highest BCUT2D eigenvalue weighted by Gasteiger charge is 2.35. The van der Waals surface area contributed by atoms with Gasteiger partial charge in [-0.3, -0.25) is 4.98 Å². The van der Waals surface area contributed by atoms with Crippen molar-refractivity contribution in [2.45, 2.75) is 12.6 Å². The molecule has 0 N–H and O–H groups in total. The van der Waals surface area contributed by atoms with E-state index in [1.165, 1.54) is 12.1 Å². The topological polar surface area (TPSA) is 57.0 Å². The molecule has 0 bridgehead atoms. The van der Waals surface area contributed by atoms with Gasteiger partial charge in [0.1, 0.15) is 0 Å². The standard InChI is InChI=1S/C24H17ClF3N3O2/c25-19-6-1-2-7-20(19)31-21(15-22(30-31)24(26,27)28)16-8-10-17(11-9-16)23(32)33-14-12-18-5-3-4-13-29-18/h1-11,13,15H,12,14H2. The molecular formula is C24H17ClF3N3O2. The van der Waals surface area contributed by atoms with Gasteiger partial charge in [0, 0.05) is 23.9 Å². The minimum absolute atomic E-state index is 0.159. The van der Waals surface area contributed by atoms with Crippen LogP contribution in [0.15, 0.2) is 79.0 Å². The molecule has 4 rings (SSSR count). The van der Waals surface area contributed by atoms with Crippen LogP contribution >= 0.6 is 11.6 Å². The molecule has 0 unspecified atom stereocenters. The van der Waals surface area contributed by atoms with Gasteiger partial charge in [0.2, 0.25) is 0 Å². The van der Waals surface area contributed by atoms with E-state index in [1.54, 1.807) is 48.7 Å². The van der Waals surface area contributed by atoms with Crippen LogP contribution in [0.25, 0.3) is 16.9 Å². The third-order valence-electron chi connectivity index (χ3n) is 4.81. The number of alkyl halides is 3. The molecule has 0 aliphatic carbocycles. The van der Waals surface area contributed by atoms with E-state index in [4.69, 9.17) is 16.3 Å². The molecule has 2 aromatic carbocycles. The Morgan fingerprint density at radius 1 is 1.00 bits per heavy atom. The van der Waals surface area contributed by atoms with E-state index in [-0.39, 0.29) is 22.9 Å². The Kier molecular flexibility index (Phi) is 6.46. The Morgan fingerprint density at radius 2 is 1.73 bits per heavy atom. The number of halogens is 4. The second-order valence-corrected chi connectivity index (χ2v) is 7.47. The fraction of sp³-hybridized carbons (Fsp3) is 0.125. The van der Waals surface area contributed by atoms with Gasteiger partial charge in [-0.1, -0.05) is 41.9 Å². The first kappa shape index (κ1) is 22.5. The van der Waals surface area contributed by atoms with Gasteiger partial charge in [0.05, 0.1) is 28.6 Å². The number of pyridine rings is 1. The highest BCUT2D eigenvalue weighted by Crippen LogP contribution is 2.34. The maximum atomic E-state index is 13.3. The lowest BCUT2D eigenvalue weighted by Gasteiger charge is -2.10. The number of carbonyl (C=O) groups is 1. The number of para-hydroxylation sites is 1. The van der Waals surface area contributed by atoms with E-state index in [9.17, 15) is 18.0 Å². The van der Waals surface area contributed by atoms with Crippen LogP contribution in [-0.2, 0) is 17.3 Å². The van der Waals surface area contributed by atoms with Crippen LogP contribution in [0.5, 0.6) is 0 Å². The summed E-state index contributed by atoms with van der Waals surface area (Å²) in [5, 5.41) is 3.98. The molecule has 5 nitrogen and oxygen atoms in total. The number of aromatic nitrogens is 3. The number of benzene rings is 2. The third kappa shape index (κ3) is 5.23.